The number of ether oxygens (including phenoxy) is 2. The van der Waals surface area contributed by atoms with E-state index in [4.69, 9.17) is 30.5 Å². The molecule has 2 aromatic heterocycles. The zero-order valence-corrected chi connectivity index (χ0v) is 26.2. The highest BCUT2D eigenvalue weighted by molar-refractivity contribution is 7.99. The Morgan fingerprint density at radius 2 is 1.86 bits per heavy atom. The molecule has 1 aliphatic rings. The Kier molecular flexibility index (Phi) is 8.96. The van der Waals surface area contributed by atoms with Gasteiger partial charge in [0.15, 0.2) is 9.89 Å². The van der Waals surface area contributed by atoms with Crippen LogP contribution in [0.15, 0.2) is 90.1 Å². The predicted octanol–water partition coefficient (Wildman–Crippen LogP) is 5.52. The molecule has 1 atom stereocenters. The molecule has 0 unspecified atom stereocenters. The van der Waals surface area contributed by atoms with Crippen LogP contribution in [0.5, 0.6) is 11.5 Å². The summed E-state index contributed by atoms with van der Waals surface area (Å²) in [6.07, 6.45) is 1.71. The van der Waals surface area contributed by atoms with Crippen molar-refractivity contribution in [1.82, 2.24) is 9.47 Å². The summed E-state index contributed by atoms with van der Waals surface area (Å²) in [4.78, 5) is 35.9. The molecule has 42 heavy (non-hydrogen) atoms. The van der Waals surface area contributed by atoms with E-state index in [2.05, 4.69) is 0 Å². The van der Waals surface area contributed by atoms with Crippen LogP contribution < -0.4 is 24.4 Å². The zero-order chi connectivity index (χ0) is 30.0. The topological polar surface area (TPSA) is 86.3 Å². The third-order valence-corrected chi connectivity index (χ3v) is 9.11. The Morgan fingerprint density at radius 1 is 1.12 bits per heavy atom. The molecular weight excluding hydrogens is 594 g/mol. The highest BCUT2D eigenvalue weighted by Gasteiger charge is 2.36. The molecule has 0 spiro atoms. The van der Waals surface area contributed by atoms with E-state index >= 15 is 0 Å². The third kappa shape index (κ3) is 5.79. The molecule has 5 rings (SSSR count). The number of furan rings is 1. The number of likely N-dealkylation sites (N-methyl/N-ethyl adjacent to an activating group) is 1. The minimum atomic E-state index is -0.769. The molecule has 8 nitrogen and oxygen atoms in total. The van der Waals surface area contributed by atoms with Crippen LogP contribution in [-0.2, 0) is 4.79 Å². The number of nitrogens with zero attached hydrogens (tertiary/aromatic N) is 3. The van der Waals surface area contributed by atoms with Crippen LogP contribution in [0, 0.1) is 0 Å². The highest BCUT2D eigenvalue weighted by Crippen LogP contribution is 2.38. The second-order valence-corrected chi connectivity index (χ2v) is 11.9. The van der Waals surface area contributed by atoms with Crippen molar-refractivity contribution in [2.75, 3.05) is 27.3 Å². The van der Waals surface area contributed by atoms with E-state index in [-0.39, 0.29) is 11.5 Å². The van der Waals surface area contributed by atoms with Gasteiger partial charge in [0.1, 0.15) is 23.3 Å². The van der Waals surface area contributed by atoms with Gasteiger partial charge in [-0.25, -0.2) is 4.99 Å². The fourth-order valence-electron chi connectivity index (χ4n) is 4.84. The summed E-state index contributed by atoms with van der Waals surface area (Å²) in [5, 5.41) is 1.34. The number of halogens is 1. The molecule has 1 amide bonds. The van der Waals surface area contributed by atoms with Crippen LogP contribution in [0.1, 0.15) is 38.1 Å². The fraction of sp³-hybridized carbons (Fsp3) is 0.258. The largest absolute Gasteiger partial charge is 0.497 e. The van der Waals surface area contributed by atoms with Crippen molar-refractivity contribution in [1.29, 1.82) is 0 Å². The number of carbonyl (C=O) groups excluding carboxylic acids is 1. The first-order valence-corrected chi connectivity index (χ1v) is 15.4. The molecule has 2 aromatic carbocycles. The minimum absolute atomic E-state index is 0.180. The second-order valence-electron chi connectivity index (χ2n) is 9.38. The van der Waals surface area contributed by atoms with Gasteiger partial charge in [0.05, 0.1) is 30.0 Å². The number of benzene rings is 2. The van der Waals surface area contributed by atoms with Crippen LogP contribution in [0.3, 0.4) is 0 Å². The summed E-state index contributed by atoms with van der Waals surface area (Å²) >= 11 is 8.70. The lowest BCUT2D eigenvalue weighted by molar-refractivity contribution is -0.127. The summed E-state index contributed by atoms with van der Waals surface area (Å²) in [6, 6.07) is 15.8. The second kappa shape index (κ2) is 12.6. The zero-order valence-electron chi connectivity index (χ0n) is 23.8. The van der Waals surface area contributed by atoms with Crippen LogP contribution in [0.25, 0.3) is 6.08 Å². The molecule has 218 valence electrons. The number of fused-ring (bicyclic) bond motifs is 1. The quantitative estimate of drug-likeness (QED) is 0.244. The molecule has 0 N–H and O–H groups in total. The summed E-state index contributed by atoms with van der Waals surface area (Å²) < 4.78 is 19.2. The summed E-state index contributed by atoms with van der Waals surface area (Å²) in [5.41, 5.74) is 1.32. The maximum Gasteiger partial charge on any atom is 0.271 e. The van der Waals surface area contributed by atoms with Gasteiger partial charge in [-0.3, -0.25) is 14.2 Å². The molecule has 0 aliphatic carbocycles. The van der Waals surface area contributed by atoms with Crippen molar-refractivity contribution in [2.45, 2.75) is 36.8 Å². The summed E-state index contributed by atoms with van der Waals surface area (Å²) in [6.45, 7) is 6.70. The maximum atomic E-state index is 14.1. The smallest absolute Gasteiger partial charge is 0.271 e. The van der Waals surface area contributed by atoms with Crippen molar-refractivity contribution >= 4 is 46.7 Å². The van der Waals surface area contributed by atoms with Crippen LogP contribution in [0.2, 0.25) is 5.02 Å². The standard InChI is InChI=1S/C31H30ClN3O5S2/c1-6-34(7-2)30(37)27-18(3)33-31-35(28(27)23-16-20(38-4)10-14-24(23)39-5)29(36)25(42-31)17-21-11-15-26(40-21)41-22-12-8-19(32)9-13-22/h8-17,28H,6-7H2,1-5H3/b25-17+/t28-/m0/s1. The first-order chi connectivity index (χ1) is 20.3. The lowest BCUT2D eigenvalue weighted by Crippen LogP contribution is -2.43. The molecule has 11 heteroatoms. The molecule has 1 aliphatic heterocycles. The van der Waals surface area contributed by atoms with Crippen molar-refractivity contribution in [3.8, 4) is 11.5 Å². The number of rotatable bonds is 9. The maximum absolute atomic E-state index is 14.1. The number of hydrogen-bond donors (Lipinski definition) is 0. The van der Waals surface area contributed by atoms with Gasteiger partial charge < -0.3 is 18.8 Å². The van der Waals surface area contributed by atoms with E-state index in [9.17, 15) is 9.59 Å². The summed E-state index contributed by atoms with van der Waals surface area (Å²) in [5.74, 6) is 1.46. The average Bonchev–Trinajstić information content (AvgIpc) is 3.56. The monoisotopic (exact) mass is 623 g/mol. The molecular formula is C31H30ClN3O5S2. The van der Waals surface area contributed by atoms with Crippen molar-refractivity contribution in [3.63, 3.8) is 0 Å². The van der Waals surface area contributed by atoms with Gasteiger partial charge in [-0.15, -0.1) is 0 Å². The normalized spacial score (nSPS) is 14.9. The van der Waals surface area contributed by atoms with E-state index in [1.807, 2.05) is 56.3 Å². The number of methoxy groups -OCH3 is 2. The Morgan fingerprint density at radius 3 is 2.52 bits per heavy atom. The van der Waals surface area contributed by atoms with Gasteiger partial charge in [0.2, 0.25) is 0 Å². The van der Waals surface area contributed by atoms with Gasteiger partial charge >= 0.3 is 0 Å². The third-order valence-electron chi connectivity index (χ3n) is 6.94. The van der Waals surface area contributed by atoms with Crippen LogP contribution >= 0.6 is 34.7 Å². The molecule has 0 saturated heterocycles. The van der Waals surface area contributed by atoms with Crippen molar-refractivity contribution in [2.24, 2.45) is 4.99 Å². The summed E-state index contributed by atoms with van der Waals surface area (Å²) in [7, 11) is 3.14. The first kappa shape index (κ1) is 29.8. The van der Waals surface area contributed by atoms with E-state index in [1.54, 1.807) is 48.8 Å². The van der Waals surface area contributed by atoms with Crippen LogP contribution in [-0.4, -0.2) is 42.7 Å². The van der Waals surface area contributed by atoms with Gasteiger partial charge in [-0.05, 0) is 75.4 Å². The van der Waals surface area contributed by atoms with Crippen molar-refractivity contribution < 1.29 is 18.7 Å². The number of aromatic nitrogens is 1. The Bertz CT molecular complexity index is 1830. The van der Waals surface area contributed by atoms with Gasteiger partial charge in [0.25, 0.3) is 11.5 Å². The minimum Gasteiger partial charge on any atom is -0.497 e. The van der Waals surface area contributed by atoms with Gasteiger partial charge in [0, 0.05) is 34.6 Å². The number of allylic oxidation sites excluding steroid dienone is 1. The van der Waals surface area contributed by atoms with E-state index in [1.165, 1.54) is 23.1 Å². The van der Waals surface area contributed by atoms with Gasteiger partial charge in [-0.2, -0.15) is 0 Å². The fourth-order valence-corrected chi connectivity index (χ4v) is 6.77. The molecule has 0 saturated carbocycles. The number of hydrogen-bond acceptors (Lipinski definition) is 8. The lowest BCUT2D eigenvalue weighted by Gasteiger charge is -2.30. The molecule has 3 heterocycles. The molecule has 0 bridgehead atoms. The van der Waals surface area contributed by atoms with Gasteiger partial charge in [-0.1, -0.05) is 34.7 Å². The lowest BCUT2D eigenvalue weighted by atomic mass is 9.93. The predicted molar refractivity (Wildman–Crippen MR) is 166 cm³/mol. The molecule has 4 aromatic rings. The van der Waals surface area contributed by atoms with E-state index < -0.39 is 6.04 Å². The average molecular weight is 624 g/mol. The first-order valence-electron chi connectivity index (χ1n) is 13.3. The Balaban J connectivity index is 1.64. The van der Waals surface area contributed by atoms with Crippen LogP contribution in [0.4, 0.5) is 0 Å². The number of carbonyl (C=O) groups is 1. The Labute approximate surface area is 256 Å². The van der Waals surface area contributed by atoms with Crippen molar-refractivity contribution in [3.05, 3.63) is 102 Å². The highest BCUT2D eigenvalue weighted by atomic mass is 35.5. The molecule has 0 radical (unpaired) electrons. The van der Waals surface area contributed by atoms with E-state index in [0.29, 0.717) is 66.6 Å². The SMILES string of the molecule is CCN(CC)C(=O)C1=C(C)N=c2s/c(=C/c3ccc(Sc4ccc(Cl)cc4)o3)c(=O)n2[C@H]1c1cc(OC)ccc1OC. The number of amides is 1. The molecule has 0 fully saturated rings. The van der Waals surface area contributed by atoms with E-state index in [0.717, 1.165) is 4.90 Å². The Hall–Kier alpha value is -3.73. The number of thiazole rings is 1.